The first-order valence-corrected chi connectivity index (χ1v) is 4.17. The highest BCUT2D eigenvalue weighted by Gasteiger charge is 2.28. The molecule has 1 aliphatic heterocycles. The van der Waals surface area contributed by atoms with E-state index in [-0.39, 0.29) is 5.41 Å². The molecule has 1 fully saturated rings. The van der Waals surface area contributed by atoms with Crippen LogP contribution >= 0.6 is 0 Å². The molecule has 0 aromatic rings. The number of nitriles is 1. The van der Waals surface area contributed by atoms with E-state index >= 15 is 0 Å². The van der Waals surface area contributed by atoms with Crippen LogP contribution in [0.2, 0.25) is 0 Å². The Balaban J connectivity index is 2.28. The van der Waals surface area contributed by atoms with Gasteiger partial charge in [-0.05, 0) is 19.8 Å². The molecule has 2 nitrogen and oxygen atoms in total. The number of nitrogens with zero attached hydrogens (tertiary/aromatic N) is 2. The molecular formula is C9H16N2. The minimum atomic E-state index is -0.167. The SMILES string of the molecule is CC1CN(CC(C)(C)C#N)C1. The van der Waals surface area contributed by atoms with Gasteiger partial charge >= 0.3 is 0 Å². The monoisotopic (exact) mass is 152 g/mol. The van der Waals surface area contributed by atoms with Crippen LogP contribution in [0.5, 0.6) is 0 Å². The van der Waals surface area contributed by atoms with E-state index in [0.717, 1.165) is 12.5 Å². The van der Waals surface area contributed by atoms with E-state index in [9.17, 15) is 0 Å². The maximum Gasteiger partial charge on any atom is 0.0697 e. The number of hydrogen-bond acceptors (Lipinski definition) is 2. The standard InChI is InChI=1S/C9H16N2/c1-8-4-11(5-8)7-9(2,3)6-10/h8H,4-5,7H2,1-3H3. The molecule has 0 bridgehead atoms. The van der Waals surface area contributed by atoms with Crippen LogP contribution in [0.1, 0.15) is 20.8 Å². The first-order chi connectivity index (χ1) is 5.03. The molecule has 0 aromatic heterocycles. The van der Waals surface area contributed by atoms with Crippen LogP contribution in [0.4, 0.5) is 0 Å². The second kappa shape index (κ2) is 2.83. The zero-order chi connectivity index (χ0) is 8.48. The second-order valence-corrected chi connectivity index (χ2v) is 4.29. The van der Waals surface area contributed by atoms with Crippen molar-refractivity contribution in [1.29, 1.82) is 5.26 Å². The number of hydrogen-bond donors (Lipinski definition) is 0. The number of rotatable bonds is 2. The molecule has 2 heteroatoms. The first kappa shape index (κ1) is 8.55. The molecule has 0 unspecified atom stereocenters. The Bertz CT molecular complexity index is 172. The highest BCUT2D eigenvalue weighted by molar-refractivity contribution is 4.95. The van der Waals surface area contributed by atoms with Gasteiger partial charge in [-0.25, -0.2) is 0 Å². The predicted octanol–water partition coefficient (Wildman–Crippen LogP) is 1.49. The Morgan fingerprint density at radius 3 is 2.45 bits per heavy atom. The zero-order valence-corrected chi connectivity index (χ0v) is 7.59. The van der Waals surface area contributed by atoms with E-state index in [1.807, 2.05) is 13.8 Å². The van der Waals surface area contributed by atoms with Crippen LogP contribution in [-0.4, -0.2) is 24.5 Å². The topological polar surface area (TPSA) is 27.0 Å². The van der Waals surface area contributed by atoms with Crippen LogP contribution < -0.4 is 0 Å². The third-order valence-corrected chi connectivity index (χ3v) is 2.06. The fraction of sp³-hybridized carbons (Fsp3) is 0.889. The molecule has 0 N–H and O–H groups in total. The Morgan fingerprint density at radius 1 is 1.55 bits per heavy atom. The van der Waals surface area contributed by atoms with Gasteiger partial charge in [-0.1, -0.05) is 6.92 Å². The van der Waals surface area contributed by atoms with Crippen molar-refractivity contribution in [2.24, 2.45) is 11.3 Å². The Morgan fingerprint density at radius 2 is 2.09 bits per heavy atom. The van der Waals surface area contributed by atoms with Crippen molar-refractivity contribution in [2.75, 3.05) is 19.6 Å². The highest BCUT2D eigenvalue weighted by atomic mass is 15.2. The summed E-state index contributed by atoms with van der Waals surface area (Å²) in [6.07, 6.45) is 0. The summed E-state index contributed by atoms with van der Waals surface area (Å²) >= 11 is 0. The Labute approximate surface area is 68.8 Å². The van der Waals surface area contributed by atoms with Crippen LogP contribution in [0.3, 0.4) is 0 Å². The fourth-order valence-electron chi connectivity index (χ4n) is 1.55. The van der Waals surface area contributed by atoms with E-state index in [0.29, 0.717) is 0 Å². The smallest absolute Gasteiger partial charge is 0.0697 e. The lowest BCUT2D eigenvalue weighted by Gasteiger charge is -2.40. The molecule has 62 valence electrons. The van der Waals surface area contributed by atoms with Gasteiger partial charge in [0.15, 0.2) is 0 Å². The van der Waals surface area contributed by atoms with Gasteiger partial charge in [0.05, 0.1) is 11.5 Å². The van der Waals surface area contributed by atoms with Gasteiger partial charge in [-0.3, -0.25) is 0 Å². The minimum Gasteiger partial charge on any atom is -0.301 e. The Kier molecular flexibility index (Phi) is 2.20. The zero-order valence-electron chi connectivity index (χ0n) is 7.59. The van der Waals surface area contributed by atoms with Crippen LogP contribution in [-0.2, 0) is 0 Å². The molecule has 0 spiro atoms. The van der Waals surface area contributed by atoms with Crippen molar-refractivity contribution in [2.45, 2.75) is 20.8 Å². The molecule has 0 atom stereocenters. The summed E-state index contributed by atoms with van der Waals surface area (Å²) in [6, 6.07) is 2.31. The van der Waals surface area contributed by atoms with Crippen molar-refractivity contribution in [3.05, 3.63) is 0 Å². The van der Waals surface area contributed by atoms with Gasteiger partial charge in [0.1, 0.15) is 0 Å². The molecule has 1 heterocycles. The van der Waals surface area contributed by atoms with Gasteiger partial charge < -0.3 is 4.90 Å². The molecule has 0 amide bonds. The van der Waals surface area contributed by atoms with Crippen molar-refractivity contribution >= 4 is 0 Å². The normalized spacial score (nSPS) is 20.9. The van der Waals surface area contributed by atoms with Crippen molar-refractivity contribution < 1.29 is 0 Å². The molecule has 1 saturated heterocycles. The van der Waals surface area contributed by atoms with Crippen molar-refractivity contribution in [3.8, 4) is 6.07 Å². The van der Waals surface area contributed by atoms with Gasteiger partial charge in [0, 0.05) is 19.6 Å². The maximum atomic E-state index is 8.75. The average molecular weight is 152 g/mol. The van der Waals surface area contributed by atoms with Gasteiger partial charge in [0.25, 0.3) is 0 Å². The van der Waals surface area contributed by atoms with E-state index in [2.05, 4.69) is 17.9 Å². The lowest BCUT2D eigenvalue weighted by molar-refractivity contribution is 0.0840. The fourth-order valence-corrected chi connectivity index (χ4v) is 1.55. The van der Waals surface area contributed by atoms with E-state index in [1.165, 1.54) is 13.1 Å². The van der Waals surface area contributed by atoms with Gasteiger partial charge in [0.2, 0.25) is 0 Å². The average Bonchev–Trinajstić information content (AvgIpc) is 1.84. The van der Waals surface area contributed by atoms with Crippen molar-refractivity contribution in [1.82, 2.24) is 4.90 Å². The van der Waals surface area contributed by atoms with Crippen LogP contribution in [0.25, 0.3) is 0 Å². The molecular weight excluding hydrogens is 136 g/mol. The van der Waals surface area contributed by atoms with Gasteiger partial charge in [-0.2, -0.15) is 5.26 Å². The summed E-state index contributed by atoms with van der Waals surface area (Å²) in [5.41, 5.74) is -0.167. The largest absolute Gasteiger partial charge is 0.301 e. The molecule has 0 aromatic carbocycles. The predicted molar refractivity (Wildman–Crippen MR) is 45.0 cm³/mol. The van der Waals surface area contributed by atoms with Gasteiger partial charge in [-0.15, -0.1) is 0 Å². The third kappa shape index (κ3) is 2.20. The summed E-state index contributed by atoms with van der Waals surface area (Å²) in [5, 5.41) is 8.75. The summed E-state index contributed by atoms with van der Waals surface area (Å²) in [6.45, 7) is 9.51. The molecule has 0 aliphatic carbocycles. The minimum absolute atomic E-state index is 0.167. The maximum absolute atomic E-state index is 8.75. The van der Waals surface area contributed by atoms with Crippen molar-refractivity contribution in [3.63, 3.8) is 0 Å². The van der Waals surface area contributed by atoms with Crippen LogP contribution in [0, 0.1) is 22.7 Å². The van der Waals surface area contributed by atoms with E-state index in [1.54, 1.807) is 0 Å². The lowest BCUT2D eigenvalue weighted by Crippen LogP contribution is -2.48. The van der Waals surface area contributed by atoms with Crippen LogP contribution in [0.15, 0.2) is 0 Å². The third-order valence-electron chi connectivity index (χ3n) is 2.06. The molecule has 11 heavy (non-hydrogen) atoms. The molecule has 0 saturated carbocycles. The Hall–Kier alpha value is -0.550. The summed E-state index contributed by atoms with van der Waals surface area (Å²) in [7, 11) is 0. The second-order valence-electron chi connectivity index (χ2n) is 4.29. The molecule has 0 radical (unpaired) electrons. The quantitative estimate of drug-likeness (QED) is 0.599. The summed E-state index contributed by atoms with van der Waals surface area (Å²) in [4.78, 5) is 2.34. The first-order valence-electron chi connectivity index (χ1n) is 4.17. The summed E-state index contributed by atoms with van der Waals surface area (Å²) < 4.78 is 0. The van der Waals surface area contributed by atoms with E-state index in [4.69, 9.17) is 5.26 Å². The molecule has 1 rings (SSSR count). The van der Waals surface area contributed by atoms with E-state index < -0.39 is 0 Å². The summed E-state index contributed by atoms with van der Waals surface area (Å²) in [5.74, 6) is 0.837. The molecule has 1 aliphatic rings. The lowest BCUT2D eigenvalue weighted by atomic mass is 9.91. The highest BCUT2D eigenvalue weighted by Crippen LogP contribution is 2.21. The number of likely N-dealkylation sites (tertiary alicyclic amines) is 1.